The fourth-order valence-corrected chi connectivity index (χ4v) is 7.60. The molecule has 40 heavy (non-hydrogen) atoms. The zero-order chi connectivity index (χ0) is 28.8. The molecule has 0 radical (unpaired) electrons. The molecule has 2 fully saturated rings. The molecule has 1 amide bonds. The van der Waals surface area contributed by atoms with E-state index in [1.165, 1.54) is 23.5 Å². The number of rotatable bonds is 12. The number of amides is 1. The lowest BCUT2D eigenvalue weighted by molar-refractivity contribution is -0.139. The third-order valence-corrected chi connectivity index (χ3v) is 9.97. The van der Waals surface area contributed by atoms with Crippen LogP contribution in [0.3, 0.4) is 0 Å². The van der Waals surface area contributed by atoms with Crippen molar-refractivity contribution in [1.82, 2.24) is 9.62 Å². The highest BCUT2D eigenvalue weighted by atomic mass is 32.2. The second-order valence-corrected chi connectivity index (χ2v) is 13.6. The van der Waals surface area contributed by atoms with Gasteiger partial charge in [-0.1, -0.05) is 57.0 Å². The first-order valence-electron chi connectivity index (χ1n) is 14.4. The van der Waals surface area contributed by atoms with Gasteiger partial charge in [-0.3, -0.25) is 4.79 Å². The Bertz CT molecular complexity index is 1200. The highest BCUT2D eigenvalue weighted by Crippen LogP contribution is 2.42. The van der Waals surface area contributed by atoms with Crippen LogP contribution in [0.5, 0.6) is 5.75 Å². The quantitative estimate of drug-likeness (QED) is 0.396. The van der Waals surface area contributed by atoms with Gasteiger partial charge in [0.2, 0.25) is 15.9 Å². The van der Waals surface area contributed by atoms with Gasteiger partial charge in [0.1, 0.15) is 5.75 Å². The summed E-state index contributed by atoms with van der Waals surface area (Å²) in [4.78, 5) is 13.7. The van der Waals surface area contributed by atoms with E-state index in [2.05, 4.69) is 5.32 Å². The third kappa shape index (κ3) is 7.63. The largest absolute Gasteiger partial charge is 0.497 e. The molecular weight excluding hydrogens is 528 g/mol. The van der Waals surface area contributed by atoms with E-state index in [-0.39, 0.29) is 41.3 Å². The van der Waals surface area contributed by atoms with Crippen molar-refractivity contribution in [3.63, 3.8) is 0 Å². The normalized spacial score (nSPS) is 20.5. The molecule has 220 valence electrons. The lowest BCUT2D eigenvalue weighted by atomic mass is 9.84. The van der Waals surface area contributed by atoms with E-state index in [1.807, 2.05) is 44.2 Å². The molecule has 0 bridgehead atoms. The summed E-state index contributed by atoms with van der Waals surface area (Å²) >= 11 is 0. The molecule has 2 aromatic rings. The number of methoxy groups -OCH3 is 1. The monoisotopic (exact) mass is 572 g/mol. The van der Waals surface area contributed by atoms with Gasteiger partial charge >= 0.3 is 0 Å². The molecule has 8 nitrogen and oxygen atoms in total. The van der Waals surface area contributed by atoms with Gasteiger partial charge < -0.3 is 19.9 Å². The van der Waals surface area contributed by atoms with Crippen LogP contribution in [0.1, 0.15) is 57.9 Å². The van der Waals surface area contributed by atoms with Crippen molar-refractivity contribution in [3.8, 4) is 5.75 Å². The number of nitrogens with one attached hydrogen (secondary N) is 1. The van der Waals surface area contributed by atoms with E-state index in [0.29, 0.717) is 31.6 Å². The Morgan fingerprint density at radius 3 is 2.40 bits per heavy atom. The molecular formula is C31H44N2O6S. The lowest BCUT2D eigenvalue weighted by Crippen LogP contribution is -2.53. The van der Waals surface area contributed by atoms with E-state index in [0.717, 1.165) is 31.2 Å². The molecule has 9 heteroatoms. The van der Waals surface area contributed by atoms with Crippen LogP contribution in [0.15, 0.2) is 59.5 Å². The predicted molar refractivity (Wildman–Crippen MR) is 155 cm³/mol. The van der Waals surface area contributed by atoms with Gasteiger partial charge in [-0.2, -0.15) is 4.31 Å². The summed E-state index contributed by atoms with van der Waals surface area (Å²) in [7, 11) is -2.37. The minimum absolute atomic E-state index is 0.0345. The number of sulfonamides is 1. The van der Waals surface area contributed by atoms with Gasteiger partial charge in [-0.25, -0.2) is 8.42 Å². The maximum Gasteiger partial charge on any atom is 0.243 e. The number of ether oxygens (including phenoxy) is 2. The minimum atomic E-state index is -3.90. The number of aliphatic hydroxyl groups excluding tert-OH is 1. The van der Waals surface area contributed by atoms with Crippen LogP contribution >= 0.6 is 0 Å². The second-order valence-electron chi connectivity index (χ2n) is 11.7. The van der Waals surface area contributed by atoms with Crippen LogP contribution in [0.2, 0.25) is 0 Å². The smallest absolute Gasteiger partial charge is 0.243 e. The first-order chi connectivity index (χ1) is 19.1. The van der Waals surface area contributed by atoms with Crippen LogP contribution in [-0.2, 0) is 26.0 Å². The first-order valence-corrected chi connectivity index (χ1v) is 15.9. The fraction of sp³-hybridized carbons (Fsp3) is 0.581. The number of carbonyl (C=O) groups is 1. The average Bonchev–Trinajstić information content (AvgIpc) is 3.39. The van der Waals surface area contributed by atoms with Crippen LogP contribution in [-0.4, -0.2) is 68.3 Å². The molecule has 1 spiro atoms. The summed E-state index contributed by atoms with van der Waals surface area (Å²) in [5.74, 6) is 0.315. The summed E-state index contributed by atoms with van der Waals surface area (Å²) in [5, 5.41) is 14.7. The van der Waals surface area contributed by atoms with Gasteiger partial charge in [0, 0.05) is 25.6 Å². The Hall–Kier alpha value is -2.46. The van der Waals surface area contributed by atoms with E-state index in [1.54, 1.807) is 12.1 Å². The third-order valence-electron chi connectivity index (χ3n) is 8.13. The van der Waals surface area contributed by atoms with Gasteiger partial charge in [-0.15, -0.1) is 0 Å². The van der Waals surface area contributed by atoms with Gasteiger partial charge in [-0.05, 0) is 67.9 Å². The number of carbonyl (C=O) groups excluding carboxylic acids is 1. The Morgan fingerprint density at radius 2 is 1.77 bits per heavy atom. The summed E-state index contributed by atoms with van der Waals surface area (Å²) in [6.45, 7) is 4.54. The SMILES string of the molecule is COc1ccc(S(=O)(=O)N(CC(C)C)C[C@@H](O)[C@H](Cc2ccccc2)NC(=O)C2CCOC3(CCCC3)C2)cc1. The molecule has 1 saturated heterocycles. The topological polar surface area (TPSA) is 105 Å². The highest BCUT2D eigenvalue weighted by molar-refractivity contribution is 7.89. The standard InChI is InChI=1S/C31H44N2O6S/c1-23(2)21-33(40(36,37)27-13-11-26(38-3)12-14-27)22-29(34)28(19-24-9-5-4-6-10-24)32-30(35)25-15-18-39-31(20-25)16-7-8-17-31/h4-6,9-14,23,25,28-29,34H,7-8,15-22H2,1-3H3,(H,32,35)/t25?,28-,29+/m0/s1. The highest BCUT2D eigenvalue weighted by Gasteiger charge is 2.42. The van der Waals surface area contributed by atoms with E-state index < -0.39 is 22.2 Å². The molecule has 2 N–H and O–H groups in total. The van der Waals surface area contributed by atoms with Crippen molar-refractivity contribution >= 4 is 15.9 Å². The average molecular weight is 573 g/mol. The predicted octanol–water partition coefficient (Wildman–Crippen LogP) is 4.17. The van der Waals surface area contributed by atoms with Crippen LogP contribution in [0.4, 0.5) is 0 Å². The molecule has 1 heterocycles. The number of hydrogen-bond donors (Lipinski definition) is 2. The first kappa shape index (κ1) is 30.5. The maximum absolute atomic E-state index is 13.7. The van der Waals surface area contributed by atoms with Gasteiger partial charge in [0.05, 0.1) is 29.8 Å². The number of benzene rings is 2. The summed E-state index contributed by atoms with van der Waals surface area (Å²) in [6, 6.07) is 15.3. The van der Waals surface area contributed by atoms with Crippen molar-refractivity contribution in [2.45, 2.75) is 81.4 Å². The summed E-state index contributed by atoms with van der Waals surface area (Å²) in [5.41, 5.74) is 0.758. The van der Waals surface area contributed by atoms with Crippen LogP contribution in [0.25, 0.3) is 0 Å². The van der Waals surface area contributed by atoms with E-state index in [4.69, 9.17) is 9.47 Å². The zero-order valence-corrected chi connectivity index (χ0v) is 24.7. The summed E-state index contributed by atoms with van der Waals surface area (Å²) < 4.78 is 40.0. The Labute approximate surface area is 239 Å². The van der Waals surface area contributed by atoms with Crippen molar-refractivity contribution in [2.75, 3.05) is 26.8 Å². The Morgan fingerprint density at radius 1 is 1.10 bits per heavy atom. The molecule has 3 atom stereocenters. The molecule has 0 aromatic heterocycles. The molecule has 2 aliphatic rings. The number of nitrogens with zero attached hydrogens (tertiary/aromatic N) is 1. The van der Waals surface area contributed by atoms with Gasteiger partial charge in [0.25, 0.3) is 0 Å². The van der Waals surface area contributed by atoms with E-state index >= 15 is 0 Å². The maximum atomic E-state index is 13.7. The van der Waals surface area contributed by atoms with Crippen LogP contribution in [0, 0.1) is 11.8 Å². The van der Waals surface area contributed by atoms with Gasteiger partial charge in [0.15, 0.2) is 0 Å². The van der Waals surface area contributed by atoms with Crippen molar-refractivity contribution in [2.24, 2.45) is 11.8 Å². The Kier molecular flexibility index (Phi) is 10.3. The number of aliphatic hydroxyl groups is 1. The van der Waals surface area contributed by atoms with Crippen molar-refractivity contribution in [1.29, 1.82) is 0 Å². The molecule has 1 aliphatic heterocycles. The molecule has 1 aliphatic carbocycles. The molecule has 1 unspecified atom stereocenters. The zero-order valence-electron chi connectivity index (χ0n) is 23.9. The fourth-order valence-electron chi connectivity index (χ4n) is 5.98. The van der Waals surface area contributed by atoms with Crippen molar-refractivity contribution in [3.05, 3.63) is 60.2 Å². The van der Waals surface area contributed by atoms with E-state index in [9.17, 15) is 18.3 Å². The number of hydrogen-bond acceptors (Lipinski definition) is 6. The molecule has 2 aromatic carbocycles. The Balaban J connectivity index is 1.54. The van der Waals surface area contributed by atoms with Crippen molar-refractivity contribution < 1.29 is 27.8 Å². The second kappa shape index (κ2) is 13.5. The summed E-state index contributed by atoms with van der Waals surface area (Å²) in [6.07, 6.45) is 4.83. The van der Waals surface area contributed by atoms with Crippen LogP contribution < -0.4 is 10.1 Å². The molecule has 1 saturated carbocycles. The molecule has 4 rings (SSSR count). The minimum Gasteiger partial charge on any atom is -0.497 e. The lowest BCUT2D eigenvalue weighted by Gasteiger charge is -2.38.